The Morgan fingerprint density at radius 1 is 1.32 bits per heavy atom. The summed E-state index contributed by atoms with van der Waals surface area (Å²) in [5.74, 6) is 0.237. The van der Waals surface area contributed by atoms with Crippen molar-refractivity contribution in [3.63, 3.8) is 0 Å². The number of rotatable bonds is 4. The van der Waals surface area contributed by atoms with Gasteiger partial charge in [-0.3, -0.25) is 9.89 Å². The molecule has 6 heteroatoms. The van der Waals surface area contributed by atoms with E-state index in [0.29, 0.717) is 5.82 Å². The van der Waals surface area contributed by atoms with E-state index in [0.717, 1.165) is 17.7 Å². The van der Waals surface area contributed by atoms with Crippen molar-refractivity contribution in [2.45, 2.75) is 33.2 Å². The second-order valence-corrected chi connectivity index (χ2v) is 6.39. The van der Waals surface area contributed by atoms with E-state index in [1.807, 2.05) is 36.4 Å². The van der Waals surface area contributed by atoms with Crippen LogP contribution in [0.15, 0.2) is 36.4 Å². The standard InChI is InChI=1S/C16H22N4O.ClH/c1-16(2,3)10-12-9-13(20-19-12)18-15(21)14(17)11-7-5-4-6-8-11;/h4-9,14H,10,17H2,1-3H3,(H2,18,19,20,21);1H. The lowest BCUT2D eigenvalue weighted by molar-refractivity contribution is -0.117. The molecule has 0 fully saturated rings. The molecule has 1 aromatic heterocycles. The van der Waals surface area contributed by atoms with Crippen LogP contribution in [0.3, 0.4) is 0 Å². The second kappa shape index (κ2) is 7.42. The summed E-state index contributed by atoms with van der Waals surface area (Å²) in [6.07, 6.45) is 0.862. The van der Waals surface area contributed by atoms with E-state index in [1.165, 1.54) is 0 Å². The highest BCUT2D eigenvalue weighted by Crippen LogP contribution is 2.21. The SMILES string of the molecule is CC(C)(C)Cc1cc(NC(=O)C(N)c2ccccc2)n[nH]1.Cl. The van der Waals surface area contributed by atoms with Crippen LogP contribution >= 0.6 is 12.4 Å². The average molecular weight is 323 g/mol. The Hall–Kier alpha value is -1.85. The van der Waals surface area contributed by atoms with Gasteiger partial charge in [0.15, 0.2) is 5.82 Å². The summed E-state index contributed by atoms with van der Waals surface area (Å²) in [5.41, 5.74) is 7.88. The minimum atomic E-state index is -0.700. The maximum Gasteiger partial charge on any atom is 0.247 e. The van der Waals surface area contributed by atoms with Crippen LogP contribution in [-0.4, -0.2) is 16.1 Å². The fourth-order valence-corrected chi connectivity index (χ4v) is 2.10. The first-order valence-corrected chi connectivity index (χ1v) is 7.01. The minimum Gasteiger partial charge on any atom is -0.316 e. The predicted molar refractivity (Wildman–Crippen MR) is 91.0 cm³/mol. The van der Waals surface area contributed by atoms with Crippen molar-refractivity contribution in [2.75, 3.05) is 5.32 Å². The lowest BCUT2D eigenvalue weighted by Crippen LogP contribution is -2.27. The molecule has 1 amide bonds. The Morgan fingerprint density at radius 3 is 2.55 bits per heavy atom. The first kappa shape index (κ1) is 18.2. The van der Waals surface area contributed by atoms with Gasteiger partial charge in [0.05, 0.1) is 0 Å². The van der Waals surface area contributed by atoms with Gasteiger partial charge in [0.2, 0.25) is 5.91 Å². The van der Waals surface area contributed by atoms with E-state index >= 15 is 0 Å². The number of hydrogen-bond donors (Lipinski definition) is 3. The molecule has 4 N–H and O–H groups in total. The zero-order valence-electron chi connectivity index (χ0n) is 13.1. The molecule has 2 aromatic rings. The number of nitrogens with one attached hydrogen (secondary N) is 2. The van der Waals surface area contributed by atoms with Crippen LogP contribution in [0.2, 0.25) is 0 Å². The van der Waals surface area contributed by atoms with Crippen LogP contribution in [0.5, 0.6) is 0 Å². The van der Waals surface area contributed by atoms with Crippen molar-refractivity contribution in [1.82, 2.24) is 10.2 Å². The zero-order valence-corrected chi connectivity index (χ0v) is 13.9. The van der Waals surface area contributed by atoms with Crippen LogP contribution in [0.1, 0.15) is 38.1 Å². The van der Waals surface area contributed by atoms with Crippen LogP contribution in [0.25, 0.3) is 0 Å². The first-order valence-electron chi connectivity index (χ1n) is 7.01. The van der Waals surface area contributed by atoms with Gasteiger partial charge in [-0.05, 0) is 17.4 Å². The number of amides is 1. The maximum atomic E-state index is 12.1. The zero-order chi connectivity index (χ0) is 15.5. The highest BCUT2D eigenvalue weighted by Gasteiger charge is 2.18. The highest BCUT2D eigenvalue weighted by atomic mass is 35.5. The van der Waals surface area contributed by atoms with Gasteiger partial charge in [0, 0.05) is 11.8 Å². The van der Waals surface area contributed by atoms with Crippen molar-refractivity contribution in [3.8, 4) is 0 Å². The second-order valence-electron chi connectivity index (χ2n) is 6.39. The molecule has 0 spiro atoms. The van der Waals surface area contributed by atoms with E-state index < -0.39 is 6.04 Å². The summed E-state index contributed by atoms with van der Waals surface area (Å²) < 4.78 is 0. The summed E-state index contributed by atoms with van der Waals surface area (Å²) in [4.78, 5) is 12.1. The molecule has 120 valence electrons. The molecule has 1 aromatic carbocycles. The molecule has 5 nitrogen and oxygen atoms in total. The van der Waals surface area contributed by atoms with Gasteiger partial charge in [-0.15, -0.1) is 12.4 Å². The maximum absolute atomic E-state index is 12.1. The molecule has 2 rings (SSSR count). The molecule has 1 heterocycles. The number of hydrogen-bond acceptors (Lipinski definition) is 3. The van der Waals surface area contributed by atoms with E-state index in [2.05, 4.69) is 36.3 Å². The number of nitrogens with two attached hydrogens (primary N) is 1. The number of aromatic amines is 1. The third kappa shape index (κ3) is 5.16. The summed E-state index contributed by atoms with van der Waals surface area (Å²) >= 11 is 0. The monoisotopic (exact) mass is 322 g/mol. The molecule has 0 saturated heterocycles. The third-order valence-electron chi connectivity index (χ3n) is 3.04. The average Bonchev–Trinajstić information content (AvgIpc) is 2.83. The van der Waals surface area contributed by atoms with Gasteiger partial charge >= 0.3 is 0 Å². The van der Waals surface area contributed by atoms with Crippen molar-refractivity contribution in [1.29, 1.82) is 0 Å². The molecular formula is C16H23ClN4O. The number of anilines is 1. The lowest BCUT2D eigenvalue weighted by atomic mass is 9.91. The molecule has 0 aliphatic heterocycles. The fourth-order valence-electron chi connectivity index (χ4n) is 2.10. The van der Waals surface area contributed by atoms with Crippen LogP contribution in [-0.2, 0) is 11.2 Å². The van der Waals surface area contributed by atoms with Gasteiger partial charge in [-0.2, -0.15) is 5.10 Å². The number of H-pyrrole nitrogens is 1. The van der Waals surface area contributed by atoms with Crippen molar-refractivity contribution in [2.24, 2.45) is 11.1 Å². The number of benzene rings is 1. The molecule has 1 atom stereocenters. The van der Waals surface area contributed by atoms with E-state index in [1.54, 1.807) is 0 Å². The molecule has 0 aliphatic carbocycles. The quantitative estimate of drug-likeness (QED) is 0.809. The van der Waals surface area contributed by atoms with Gasteiger partial charge in [0.1, 0.15) is 6.04 Å². The molecule has 0 radical (unpaired) electrons. The van der Waals surface area contributed by atoms with Gasteiger partial charge in [0.25, 0.3) is 0 Å². The number of carbonyl (C=O) groups is 1. The number of carbonyl (C=O) groups excluding carboxylic acids is 1. The molecule has 22 heavy (non-hydrogen) atoms. The third-order valence-corrected chi connectivity index (χ3v) is 3.04. The van der Waals surface area contributed by atoms with Crippen LogP contribution in [0, 0.1) is 5.41 Å². The topological polar surface area (TPSA) is 83.8 Å². The molecule has 0 saturated carbocycles. The Kier molecular flexibility index (Phi) is 6.14. The number of halogens is 1. The normalized spacial score (nSPS) is 12.4. The van der Waals surface area contributed by atoms with E-state index in [-0.39, 0.29) is 23.7 Å². The van der Waals surface area contributed by atoms with E-state index in [4.69, 9.17) is 5.73 Å². The Bertz CT molecular complexity index is 604. The first-order chi connectivity index (χ1) is 9.85. The largest absolute Gasteiger partial charge is 0.316 e. The van der Waals surface area contributed by atoms with Crippen molar-refractivity contribution < 1.29 is 4.79 Å². The summed E-state index contributed by atoms with van der Waals surface area (Å²) in [5, 5.41) is 9.78. The Labute approximate surface area is 137 Å². The van der Waals surface area contributed by atoms with Crippen LogP contribution < -0.4 is 11.1 Å². The lowest BCUT2D eigenvalue weighted by Gasteiger charge is -2.15. The van der Waals surface area contributed by atoms with Gasteiger partial charge < -0.3 is 11.1 Å². The molecular weight excluding hydrogens is 300 g/mol. The molecule has 0 aliphatic rings. The molecule has 0 bridgehead atoms. The Balaban J connectivity index is 0.00000242. The summed E-state index contributed by atoms with van der Waals surface area (Å²) in [6.45, 7) is 6.45. The highest BCUT2D eigenvalue weighted by molar-refractivity contribution is 5.94. The molecule has 1 unspecified atom stereocenters. The fraction of sp³-hybridized carbons (Fsp3) is 0.375. The van der Waals surface area contributed by atoms with Crippen molar-refractivity contribution >= 4 is 24.1 Å². The van der Waals surface area contributed by atoms with Gasteiger partial charge in [-0.25, -0.2) is 0 Å². The smallest absolute Gasteiger partial charge is 0.247 e. The Morgan fingerprint density at radius 2 is 1.95 bits per heavy atom. The minimum absolute atomic E-state index is 0. The van der Waals surface area contributed by atoms with Gasteiger partial charge in [-0.1, -0.05) is 51.1 Å². The number of aromatic nitrogens is 2. The predicted octanol–water partition coefficient (Wildman–Crippen LogP) is 3.06. The summed E-state index contributed by atoms with van der Waals surface area (Å²) in [7, 11) is 0. The van der Waals surface area contributed by atoms with Crippen molar-refractivity contribution in [3.05, 3.63) is 47.7 Å². The van der Waals surface area contributed by atoms with Crippen LogP contribution in [0.4, 0.5) is 5.82 Å². The summed E-state index contributed by atoms with van der Waals surface area (Å²) in [6, 6.07) is 10.4. The number of nitrogens with zero attached hydrogens (tertiary/aromatic N) is 1. The van der Waals surface area contributed by atoms with E-state index in [9.17, 15) is 4.79 Å².